The Bertz CT molecular complexity index is 1360. The molecule has 5 rings (SSSR count). The van der Waals surface area contributed by atoms with Gasteiger partial charge in [-0.05, 0) is 55.9 Å². The maximum absolute atomic E-state index is 13.6. The van der Waals surface area contributed by atoms with E-state index >= 15 is 0 Å². The second-order valence-corrected chi connectivity index (χ2v) is 10.0. The van der Waals surface area contributed by atoms with Crippen molar-refractivity contribution in [1.82, 2.24) is 19.8 Å². The number of hydrogen-bond acceptors (Lipinski definition) is 7. The van der Waals surface area contributed by atoms with Crippen LogP contribution in [-0.2, 0) is 29.2 Å². The lowest BCUT2D eigenvalue weighted by Gasteiger charge is -2.32. The van der Waals surface area contributed by atoms with E-state index in [1.54, 1.807) is 11.7 Å². The van der Waals surface area contributed by atoms with E-state index < -0.39 is 0 Å². The highest BCUT2D eigenvalue weighted by atomic mass is 16.5. The van der Waals surface area contributed by atoms with Crippen LogP contribution in [0.5, 0.6) is 0 Å². The molecule has 0 radical (unpaired) electrons. The molecule has 0 aliphatic carbocycles. The standard InChI is InChI=1S/C28H35N5O3/c1-5-18(16-34)20-13-26-27-19(14-33(26)28(35)23(20)17-36-4)12-21-22(15-31(2)3)25(7-6-24(21)30-27)32-10-8-29-9-11-32/h6-7,12-13,16,18,29H,5,8-11,14-15,17H2,1-4H3. The number of pyridine rings is 2. The molecule has 0 spiro atoms. The molecule has 190 valence electrons. The van der Waals surface area contributed by atoms with E-state index in [4.69, 9.17) is 9.72 Å². The summed E-state index contributed by atoms with van der Waals surface area (Å²) in [4.78, 5) is 35.1. The van der Waals surface area contributed by atoms with Crippen LogP contribution >= 0.6 is 0 Å². The molecule has 2 aliphatic heterocycles. The second-order valence-electron chi connectivity index (χ2n) is 10.0. The van der Waals surface area contributed by atoms with Crippen LogP contribution in [0.4, 0.5) is 5.69 Å². The highest BCUT2D eigenvalue weighted by molar-refractivity contribution is 5.91. The van der Waals surface area contributed by atoms with Gasteiger partial charge < -0.3 is 29.2 Å². The number of methoxy groups -OCH3 is 1. The molecular weight excluding hydrogens is 454 g/mol. The predicted molar refractivity (Wildman–Crippen MR) is 143 cm³/mol. The maximum Gasteiger partial charge on any atom is 0.257 e. The fourth-order valence-corrected chi connectivity index (χ4v) is 5.60. The van der Waals surface area contributed by atoms with Gasteiger partial charge in [0.1, 0.15) is 6.29 Å². The maximum atomic E-state index is 13.6. The lowest BCUT2D eigenvalue weighted by atomic mass is 9.93. The van der Waals surface area contributed by atoms with Gasteiger partial charge >= 0.3 is 0 Å². The van der Waals surface area contributed by atoms with Gasteiger partial charge in [0.05, 0.1) is 30.1 Å². The average Bonchev–Trinajstić information content (AvgIpc) is 3.24. The number of hydrogen-bond donors (Lipinski definition) is 1. The normalized spacial score (nSPS) is 15.9. The van der Waals surface area contributed by atoms with E-state index in [-0.39, 0.29) is 18.1 Å². The van der Waals surface area contributed by atoms with Crippen LogP contribution in [0.25, 0.3) is 22.3 Å². The first-order chi connectivity index (χ1) is 17.5. The Kier molecular flexibility index (Phi) is 6.92. The molecule has 1 aromatic carbocycles. The molecule has 1 N–H and O–H groups in total. The van der Waals surface area contributed by atoms with Gasteiger partial charge in [0.15, 0.2) is 0 Å². The topological polar surface area (TPSA) is 79.7 Å². The number of benzene rings is 1. The van der Waals surface area contributed by atoms with Crippen LogP contribution in [0.3, 0.4) is 0 Å². The Morgan fingerprint density at radius 2 is 1.97 bits per heavy atom. The van der Waals surface area contributed by atoms with E-state index in [2.05, 4.69) is 47.4 Å². The van der Waals surface area contributed by atoms with Crippen LogP contribution < -0.4 is 15.8 Å². The minimum atomic E-state index is -0.341. The van der Waals surface area contributed by atoms with Crippen LogP contribution in [0.2, 0.25) is 0 Å². The van der Waals surface area contributed by atoms with Crippen molar-refractivity contribution in [2.24, 2.45) is 0 Å². The minimum Gasteiger partial charge on any atom is -0.380 e. The third kappa shape index (κ3) is 4.23. The van der Waals surface area contributed by atoms with Gasteiger partial charge in [-0.1, -0.05) is 6.92 Å². The average molecular weight is 490 g/mol. The largest absolute Gasteiger partial charge is 0.380 e. The van der Waals surface area contributed by atoms with Crippen molar-refractivity contribution in [1.29, 1.82) is 0 Å². The highest BCUT2D eigenvalue weighted by Crippen LogP contribution is 2.37. The van der Waals surface area contributed by atoms with E-state index in [0.29, 0.717) is 18.5 Å². The zero-order chi connectivity index (χ0) is 25.4. The number of aldehydes is 1. The van der Waals surface area contributed by atoms with Crippen molar-refractivity contribution >= 4 is 22.9 Å². The molecule has 4 heterocycles. The molecular formula is C28H35N5O3. The number of fused-ring (bicyclic) bond motifs is 4. The van der Waals surface area contributed by atoms with E-state index in [1.807, 2.05) is 13.0 Å². The molecule has 36 heavy (non-hydrogen) atoms. The molecule has 1 atom stereocenters. The summed E-state index contributed by atoms with van der Waals surface area (Å²) in [5, 5.41) is 4.57. The van der Waals surface area contributed by atoms with Crippen molar-refractivity contribution in [3.8, 4) is 11.4 Å². The molecule has 1 unspecified atom stereocenters. The van der Waals surface area contributed by atoms with E-state index in [1.165, 1.54) is 11.3 Å². The molecule has 2 aliphatic rings. The fraction of sp³-hybridized carbons (Fsp3) is 0.464. The number of nitrogens with zero attached hydrogens (tertiary/aromatic N) is 4. The first-order valence-electron chi connectivity index (χ1n) is 12.7. The minimum absolute atomic E-state index is 0.0956. The Morgan fingerprint density at radius 1 is 1.19 bits per heavy atom. The molecule has 8 nitrogen and oxygen atoms in total. The molecule has 0 amide bonds. The predicted octanol–water partition coefficient (Wildman–Crippen LogP) is 2.74. The number of carbonyl (C=O) groups excluding carboxylic acids is 1. The summed E-state index contributed by atoms with van der Waals surface area (Å²) in [5.41, 5.74) is 7.33. The van der Waals surface area contributed by atoms with Gasteiger partial charge in [0.25, 0.3) is 5.56 Å². The first-order valence-corrected chi connectivity index (χ1v) is 12.7. The summed E-state index contributed by atoms with van der Waals surface area (Å²) in [6, 6.07) is 8.51. The summed E-state index contributed by atoms with van der Waals surface area (Å²) >= 11 is 0. The summed E-state index contributed by atoms with van der Waals surface area (Å²) in [6.07, 6.45) is 1.56. The summed E-state index contributed by atoms with van der Waals surface area (Å²) in [6.45, 7) is 7.34. The Hall–Kier alpha value is -3.07. The van der Waals surface area contributed by atoms with E-state index in [9.17, 15) is 9.59 Å². The molecule has 0 bridgehead atoms. The van der Waals surface area contributed by atoms with Crippen LogP contribution in [0.15, 0.2) is 29.1 Å². The van der Waals surface area contributed by atoms with Gasteiger partial charge in [-0.15, -0.1) is 0 Å². The van der Waals surface area contributed by atoms with Crippen molar-refractivity contribution in [2.45, 2.75) is 39.0 Å². The first kappa shape index (κ1) is 24.6. The van der Waals surface area contributed by atoms with Crippen molar-refractivity contribution in [2.75, 3.05) is 52.3 Å². The van der Waals surface area contributed by atoms with Gasteiger partial charge in [0, 0.05) is 68.0 Å². The van der Waals surface area contributed by atoms with Crippen LogP contribution in [0, 0.1) is 0 Å². The van der Waals surface area contributed by atoms with E-state index in [0.717, 1.165) is 72.4 Å². The summed E-state index contributed by atoms with van der Waals surface area (Å²) in [5.74, 6) is -0.341. The summed E-state index contributed by atoms with van der Waals surface area (Å²) in [7, 11) is 5.76. The number of rotatable bonds is 8. The smallest absolute Gasteiger partial charge is 0.257 e. The number of carbonyl (C=O) groups is 1. The lowest BCUT2D eigenvalue weighted by Crippen LogP contribution is -2.44. The van der Waals surface area contributed by atoms with Crippen molar-refractivity contribution in [3.63, 3.8) is 0 Å². The third-order valence-electron chi connectivity index (χ3n) is 7.39. The SMILES string of the molecule is CCC(C=O)c1cc2n(c(=O)c1COC)Cc1cc3c(CN(C)C)c(N4CCNCC4)ccc3nc1-2. The Balaban J connectivity index is 1.68. The lowest BCUT2D eigenvalue weighted by molar-refractivity contribution is -0.109. The van der Waals surface area contributed by atoms with Crippen LogP contribution in [0.1, 0.15) is 41.5 Å². The second kappa shape index (κ2) is 10.1. The third-order valence-corrected chi connectivity index (χ3v) is 7.39. The van der Waals surface area contributed by atoms with Crippen LogP contribution in [-0.4, -0.2) is 68.1 Å². The molecule has 8 heteroatoms. The molecule has 1 saturated heterocycles. The summed E-state index contributed by atoms with van der Waals surface area (Å²) < 4.78 is 7.14. The zero-order valence-electron chi connectivity index (χ0n) is 21.6. The molecule has 0 saturated carbocycles. The van der Waals surface area contributed by atoms with Crippen molar-refractivity contribution < 1.29 is 9.53 Å². The van der Waals surface area contributed by atoms with Gasteiger partial charge in [-0.25, -0.2) is 4.98 Å². The molecule has 1 fully saturated rings. The Labute approximate surface area is 211 Å². The quantitative estimate of drug-likeness (QED) is 0.381. The zero-order valence-corrected chi connectivity index (χ0v) is 21.6. The highest BCUT2D eigenvalue weighted by Gasteiger charge is 2.28. The number of ether oxygens (including phenoxy) is 1. The fourth-order valence-electron chi connectivity index (χ4n) is 5.60. The molecule has 3 aromatic rings. The monoisotopic (exact) mass is 489 g/mol. The number of piperazine rings is 1. The number of anilines is 1. The van der Waals surface area contributed by atoms with Gasteiger partial charge in [0.2, 0.25) is 0 Å². The van der Waals surface area contributed by atoms with Gasteiger partial charge in [-0.2, -0.15) is 0 Å². The number of aromatic nitrogens is 2. The van der Waals surface area contributed by atoms with Crippen molar-refractivity contribution in [3.05, 3.63) is 56.9 Å². The Morgan fingerprint density at radius 3 is 2.64 bits per heavy atom. The molecule has 2 aromatic heterocycles. The number of nitrogens with one attached hydrogen (secondary N) is 1. The van der Waals surface area contributed by atoms with Gasteiger partial charge in [-0.3, -0.25) is 4.79 Å².